The third-order valence-corrected chi connectivity index (χ3v) is 9.63. The summed E-state index contributed by atoms with van der Waals surface area (Å²) < 4.78 is 6.29. The Morgan fingerprint density at radius 1 is 1.12 bits per heavy atom. The molecule has 4 saturated carbocycles. The highest BCUT2D eigenvalue weighted by atomic mass is 16.6. The van der Waals surface area contributed by atoms with Crippen LogP contribution in [0.3, 0.4) is 0 Å². The molecule has 2 nitrogen and oxygen atoms in total. The first-order chi connectivity index (χ1) is 11.3. The van der Waals surface area contributed by atoms with Gasteiger partial charge in [0.15, 0.2) is 6.29 Å². The lowest BCUT2D eigenvalue weighted by Gasteiger charge is -2.63. The van der Waals surface area contributed by atoms with Gasteiger partial charge in [0.05, 0.1) is 6.10 Å². The average molecular weight is 331 g/mol. The van der Waals surface area contributed by atoms with E-state index in [4.69, 9.17) is 4.74 Å². The topological polar surface area (TPSA) is 29.5 Å². The van der Waals surface area contributed by atoms with Crippen LogP contribution in [0.25, 0.3) is 0 Å². The number of aliphatic hydroxyl groups excluding tert-OH is 1. The van der Waals surface area contributed by atoms with E-state index in [2.05, 4.69) is 27.4 Å². The minimum absolute atomic E-state index is 0.195. The van der Waals surface area contributed by atoms with E-state index in [1.165, 1.54) is 44.9 Å². The highest BCUT2D eigenvalue weighted by Crippen LogP contribution is 2.75. The Hall–Kier alpha value is -0.340. The number of rotatable bonds is 0. The minimum atomic E-state index is -0.543. The van der Waals surface area contributed by atoms with Gasteiger partial charge in [-0.2, -0.15) is 0 Å². The van der Waals surface area contributed by atoms with E-state index in [1.807, 2.05) is 0 Å². The summed E-state index contributed by atoms with van der Waals surface area (Å²) in [5.41, 5.74) is 2.41. The third-order valence-electron chi connectivity index (χ3n) is 9.63. The predicted octanol–water partition coefficient (Wildman–Crippen LogP) is 4.92. The van der Waals surface area contributed by atoms with Gasteiger partial charge in [0.25, 0.3) is 0 Å². The van der Waals surface area contributed by atoms with Crippen LogP contribution in [0.5, 0.6) is 0 Å². The van der Waals surface area contributed by atoms with Crippen LogP contribution in [0, 0.1) is 39.9 Å². The maximum Gasteiger partial charge on any atom is 0.158 e. The zero-order valence-corrected chi connectivity index (χ0v) is 15.7. The molecule has 0 aromatic rings. The summed E-state index contributed by atoms with van der Waals surface area (Å²) in [5, 5.41) is 10.9. The van der Waals surface area contributed by atoms with Crippen LogP contribution >= 0.6 is 0 Å². The van der Waals surface area contributed by atoms with Crippen molar-refractivity contribution in [2.45, 2.75) is 84.5 Å². The fourth-order valence-electron chi connectivity index (χ4n) is 8.80. The average Bonchev–Trinajstić information content (AvgIpc) is 2.93. The van der Waals surface area contributed by atoms with Gasteiger partial charge in [-0.3, -0.25) is 0 Å². The lowest BCUT2D eigenvalue weighted by atomic mass is 9.40. The summed E-state index contributed by atoms with van der Waals surface area (Å²) in [4.78, 5) is 0. The van der Waals surface area contributed by atoms with Crippen LogP contribution < -0.4 is 0 Å². The lowest BCUT2D eigenvalue weighted by Crippen LogP contribution is -2.60. The molecule has 1 N–H and O–H groups in total. The second kappa shape index (κ2) is 4.68. The molecule has 2 spiro atoms. The predicted molar refractivity (Wildman–Crippen MR) is 95.2 cm³/mol. The van der Waals surface area contributed by atoms with Gasteiger partial charge in [0.2, 0.25) is 0 Å². The van der Waals surface area contributed by atoms with Gasteiger partial charge in [-0.15, -0.1) is 0 Å². The number of fused-ring (bicyclic) bond motifs is 1. The molecule has 1 aliphatic heterocycles. The van der Waals surface area contributed by atoms with Crippen LogP contribution in [0.15, 0.2) is 12.2 Å². The number of hydrogen-bond donors (Lipinski definition) is 1. The van der Waals surface area contributed by atoms with E-state index in [1.54, 1.807) is 5.57 Å². The molecule has 2 bridgehead atoms. The smallest absolute Gasteiger partial charge is 0.158 e. The minimum Gasteiger partial charge on any atom is -0.368 e. The fourth-order valence-corrected chi connectivity index (χ4v) is 8.80. The van der Waals surface area contributed by atoms with Crippen molar-refractivity contribution in [1.29, 1.82) is 0 Å². The van der Waals surface area contributed by atoms with Crippen LogP contribution in [-0.4, -0.2) is 17.5 Å². The molecule has 0 aromatic heterocycles. The summed E-state index contributed by atoms with van der Waals surface area (Å²) in [6.07, 6.45) is 10.1. The Balaban J connectivity index is 1.66. The normalized spacial score (nSPS) is 58.1. The molecule has 1 heterocycles. The molecule has 0 radical (unpaired) electrons. The standard InChI is InChI=1S/C22H34O2/c1-13-14(2)21-11-8-17-22(16(21)7-6-15(13)12-21)10-5-9-20(3,4)18(22)19(23)24-17/h14-19,23H,1,5-12H2,2-4H3. The maximum atomic E-state index is 10.9. The van der Waals surface area contributed by atoms with E-state index in [-0.39, 0.29) is 10.8 Å². The summed E-state index contributed by atoms with van der Waals surface area (Å²) >= 11 is 0. The van der Waals surface area contributed by atoms with Gasteiger partial charge < -0.3 is 9.84 Å². The van der Waals surface area contributed by atoms with Gasteiger partial charge in [0, 0.05) is 11.3 Å². The lowest BCUT2D eigenvalue weighted by molar-refractivity contribution is -0.157. The second-order valence-electron chi connectivity index (χ2n) is 10.5. The van der Waals surface area contributed by atoms with Crippen molar-refractivity contribution in [3.8, 4) is 0 Å². The van der Waals surface area contributed by atoms with E-state index in [9.17, 15) is 5.11 Å². The quantitative estimate of drug-likeness (QED) is 0.639. The molecule has 1 saturated heterocycles. The van der Waals surface area contributed by atoms with E-state index in [0.29, 0.717) is 23.4 Å². The number of hydrogen-bond acceptors (Lipinski definition) is 2. The monoisotopic (exact) mass is 330 g/mol. The zero-order valence-electron chi connectivity index (χ0n) is 15.7. The van der Waals surface area contributed by atoms with Gasteiger partial charge >= 0.3 is 0 Å². The Bertz CT molecular complexity index is 581. The molecule has 5 fully saturated rings. The van der Waals surface area contributed by atoms with Gasteiger partial charge in [-0.1, -0.05) is 39.3 Å². The molecule has 8 atom stereocenters. The molecule has 4 aliphatic carbocycles. The number of allylic oxidation sites excluding steroid dienone is 1. The molecule has 5 aliphatic rings. The third kappa shape index (κ3) is 1.62. The summed E-state index contributed by atoms with van der Waals surface area (Å²) in [5.74, 6) is 2.49. The molecule has 0 amide bonds. The van der Waals surface area contributed by atoms with E-state index >= 15 is 0 Å². The highest BCUT2D eigenvalue weighted by molar-refractivity contribution is 5.27. The van der Waals surface area contributed by atoms with Crippen molar-refractivity contribution < 1.29 is 9.84 Å². The molecular formula is C22H34O2. The van der Waals surface area contributed by atoms with Crippen LogP contribution in [0.1, 0.15) is 72.1 Å². The summed E-state index contributed by atoms with van der Waals surface area (Å²) in [7, 11) is 0. The maximum absolute atomic E-state index is 10.9. The molecule has 134 valence electrons. The first kappa shape index (κ1) is 15.9. The molecule has 24 heavy (non-hydrogen) atoms. The van der Waals surface area contributed by atoms with Gasteiger partial charge in [0.1, 0.15) is 0 Å². The Kier molecular flexibility index (Phi) is 3.10. The van der Waals surface area contributed by atoms with Crippen molar-refractivity contribution >= 4 is 0 Å². The van der Waals surface area contributed by atoms with Crippen molar-refractivity contribution in [2.75, 3.05) is 0 Å². The van der Waals surface area contributed by atoms with Crippen molar-refractivity contribution in [3.63, 3.8) is 0 Å². The molecule has 0 aromatic carbocycles. The number of aliphatic hydroxyl groups is 1. The van der Waals surface area contributed by atoms with Crippen molar-refractivity contribution in [3.05, 3.63) is 12.2 Å². The summed E-state index contributed by atoms with van der Waals surface area (Å²) in [6, 6.07) is 0. The number of ether oxygens (including phenoxy) is 1. The van der Waals surface area contributed by atoms with E-state index < -0.39 is 6.29 Å². The van der Waals surface area contributed by atoms with E-state index in [0.717, 1.165) is 18.3 Å². The molecular weight excluding hydrogens is 296 g/mol. The largest absolute Gasteiger partial charge is 0.368 e. The van der Waals surface area contributed by atoms with Crippen LogP contribution in [0.2, 0.25) is 0 Å². The second-order valence-corrected chi connectivity index (χ2v) is 10.5. The van der Waals surface area contributed by atoms with Crippen molar-refractivity contribution in [1.82, 2.24) is 0 Å². The van der Waals surface area contributed by atoms with Crippen LogP contribution in [-0.2, 0) is 4.74 Å². The Morgan fingerprint density at radius 2 is 1.92 bits per heavy atom. The first-order valence-corrected chi connectivity index (χ1v) is 10.4. The van der Waals surface area contributed by atoms with Gasteiger partial charge in [-0.05, 0) is 73.5 Å². The molecule has 2 heteroatoms. The van der Waals surface area contributed by atoms with Gasteiger partial charge in [-0.25, -0.2) is 0 Å². The highest BCUT2D eigenvalue weighted by Gasteiger charge is 2.72. The fraction of sp³-hybridized carbons (Fsp3) is 0.909. The Labute approximate surface area is 147 Å². The SMILES string of the molecule is C=C1C2CCC3C(CCC4OC(O)C5C(C)(C)CCCC453)(C2)C1C. The van der Waals surface area contributed by atoms with Crippen molar-refractivity contribution in [2.24, 2.45) is 39.9 Å². The summed E-state index contributed by atoms with van der Waals surface area (Å²) in [6.45, 7) is 11.8. The molecule has 5 rings (SSSR count). The first-order valence-electron chi connectivity index (χ1n) is 10.4. The zero-order chi connectivity index (χ0) is 16.9. The van der Waals surface area contributed by atoms with Crippen LogP contribution in [0.4, 0.5) is 0 Å². The molecule has 8 unspecified atom stereocenters. The Morgan fingerprint density at radius 3 is 2.71 bits per heavy atom.